The fraction of sp³-hybridized carbons (Fsp3) is 0.508. The van der Waals surface area contributed by atoms with Gasteiger partial charge in [-0.25, -0.2) is 9.78 Å². The Hall–Kier alpha value is -9.24. The first-order valence-corrected chi connectivity index (χ1v) is 32.0. The number of benzene rings is 2. The molecule has 1 unspecified atom stereocenters. The van der Waals surface area contributed by atoms with Gasteiger partial charge in [0, 0.05) is 79.3 Å². The van der Waals surface area contributed by atoms with E-state index in [9.17, 15) is 78.3 Å². The normalized spacial score (nSPS) is 21.7. The highest BCUT2D eigenvalue weighted by atomic mass is 16.7. The SMILES string of the molecule is CC[C@@]1(O)C(=O)OCc2c1cc1n(c2=O)Cc2c-1nc1cc3c(c4c1c2C(CCCOCNC(=O)CNC(=O)[C@H](Cc1ccccc1)NC(=O)CNC(=O)CNC(=O)[C@H](CCC(=O)NC[C@@H]1O[C@H](CO)[C@@H](O)[C@H](O)[C@H]1O)NC(=O)CCCCCN1C(=O)C=CC1=O)CC4)OCO3. The number of cyclic esters (lactones) is 1. The van der Waals surface area contributed by atoms with Crippen molar-refractivity contribution in [2.45, 2.75) is 151 Å². The fourth-order valence-corrected chi connectivity index (χ4v) is 12.8. The van der Waals surface area contributed by atoms with Crippen molar-refractivity contribution >= 4 is 70.0 Å². The monoisotopic (exact) mass is 1330 g/mol. The molecule has 9 amide bonds. The van der Waals surface area contributed by atoms with E-state index < -0.39 is 134 Å². The number of nitrogens with zero attached hydrogens (tertiary/aromatic N) is 3. The quantitative estimate of drug-likeness (QED) is 0.00944. The van der Waals surface area contributed by atoms with Gasteiger partial charge in [0.1, 0.15) is 55.9 Å². The Bertz CT molecular complexity index is 3750. The number of amides is 9. The Morgan fingerprint density at radius 3 is 2.19 bits per heavy atom. The fourth-order valence-electron chi connectivity index (χ4n) is 12.8. The number of aryl methyl sites for hydroxylation is 1. The van der Waals surface area contributed by atoms with Crippen molar-refractivity contribution < 1.29 is 97.2 Å². The number of esters is 1. The van der Waals surface area contributed by atoms with Gasteiger partial charge in [0.2, 0.25) is 48.1 Å². The Labute approximate surface area is 548 Å². The molecule has 31 heteroatoms. The van der Waals surface area contributed by atoms with Crippen molar-refractivity contribution in [3.63, 3.8) is 0 Å². The first-order chi connectivity index (χ1) is 46.2. The maximum atomic E-state index is 14.1. The van der Waals surface area contributed by atoms with Gasteiger partial charge < -0.3 is 91.0 Å². The highest BCUT2D eigenvalue weighted by Crippen LogP contribution is 2.51. The molecule has 5 aliphatic heterocycles. The minimum absolute atomic E-state index is 0.00169. The van der Waals surface area contributed by atoms with E-state index in [2.05, 4.69) is 37.2 Å². The zero-order valence-corrected chi connectivity index (χ0v) is 52.7. The molecule has 12 N–H and O–H groups in total. The van der Waals surface area contributed by atoms with Crippen molar-refractivity contribution in [1.29, 1.82) is 0 Å². The van der Waals surface area contributed by atoms with Crippen LogP contribution < -0.4 is 52.3 Å². The number of hydrogen-bond donors (Lipinski definition) is 12. The Balaban J connectivity index is 0.681. The zero-order chi connectivity index (χ0) is 68.4. The van der Waals surface area contributed by atoms with Crippen molar-refractivity contribution in [3.8, 4) is 22.9 Å². The number of pyridine rings is 2. The maximum absolute atomic E-state index is 14.1. The third-order valence-corrected chi connectivity index (χ3v) is 18.0. The number of carbonyl (C=O) groups excluding carboxylic acids is 10. The molecule has 0 radical (unpaired) electrons. The molecule has 1 fully saturated rings. The third kappa shape index (κ3) is 15.7. The van der Waals surface area contributed by atoms with Gasteiger partial charge in [0.25, 0.3) is 17.4 Å². The zero-order valence-electron chi connectivity index (χ0n) is 52.7. The second-order valence-electron chi connectivity index (χ2n) is 24.3. The highest BCUT2D eigenvalue weighted by Gasteiger charge is 2.47. The summed E-state index contributed by atoms with van der Waals surface area (Å²) in [6, 6.07) is 9.59. The summed E-state index contributed by atoms with van der Waals surface area (Å²) in [5.74, 6) is -5.60. The van der Waals surface area contributed by atoms with Crippen LogP contribution in [0.15, 0.2) is 59.4 Å². The number of ether oxygens (including phenoxy) is 5. The van der Waals surface area contributed by atoms with Crippen LogP contribution in [-0.4, -0.2) is 201 Å². The van der Waals surface area contributed by atoms with Crippen molar-refractivity contribution in [1.82, 2.24) is 51.7 Å². The van der Waals surface area contributed by atoms with Crippen LogP contribution in [-0.2, 0) is 93.8 Å². The van der Waals surface area contributed by atoms with Crippen LogP contribution in [0.5, 0.6) is 11.5 Å². The number of aromatic nitrogens is 2. The number of unbranched alkanes of at least 4 members (excludes halogenated alkanes) is 2. The molecule has 31 nitrogen and oxygen atoms in total. The molecule has 10 rings (SSSR count). The lowest BCUT2D eigenvalue weighted by Crippen LogP contribution is -2.60. The molecular formula is C65H78N10O21. The molecule has 4 aromatic rings. The summed E-state index contributed by atoms with van der Waals surface area (Å²) in [6.45, 7) is -1.04. The number of hydrogen-bond acceptors (Lipinski definition) is 22. The standard InChI is InChI=1S/C65H78N10O21/c1-2-65(91)39-23-43-56-37(29-75(43)63(89)38(39)31-93-64(65)90)54-35(14-15-36-55(54)41(73-56)24-44-60(36)95-33-94-44)12-9-21-92-32-70-50(80)27-69-62(88)42(22-34-10-5-3-6-11-34)72-51(81)28-67-49(79)26-68-61(87)40(71-48(78)13-7-4-8-20-74-52(82)18-19-53(74)83)16-17-47(77)66-25-45-57(84)59(86)58(85)46(30-76)96-45/h3,5-6,10-11,18-19,23-24,35,40,42,45-46,57-59,76,84-86,91H,2,4,7-9,12-17,20-22,25-33H2,1H3,(H,66,77)(H,67,79)(H,68,87)(H,69,88)(H,70,80)(H,71,78)(H,72,81)/t35?,40-,42-,45-,46+,57-,58+,59+,65-/m0/s1. The summed E-state index contributed by atoms with van der Waals surface area (Å²) >= 11 is 0. The van der Waals surface area contributed by atoms with Crippen LogP contribution in [0.2, 0.25) is 0 Å². The number of fused-ring (bicyclic) bond motifs is 7. The first-order valence-electron chi connectivity index (χ1n) is 32.0. The Kier molecular flexibility index (Phi) is 22.5. The van der Waals surface area contributed by atoms with E-state index in [1.54, 1.807) is 47.9 Å². The molecule has 0 bridgehead atoms. The van der Waals surface area contributed by atoms with E-state index >= 15 is 0 Å². The number of aliphatic hydroxyl groups is 5. The molecule has 2 aromatic heterocycles. The Morgan fingerprint density at radius 2 is 1.45 bits per heavy atom. The second-order valence-corrected chi connectivity index (χ2v) is 24.3. The van der Waals surface area contributed by atoms with Crippen LogP contribution >= 0.6 is 0 Å². The summed E-state index contributed by atoms with van der Waals surface area (Å²) in [5.41, 5.74) is 3.29. The predicted molar refractivity (Wildman–Crippen MR) is 333 cm³/mol. The molecule has 6 aliphatic rings. The van der Waals surface area contributed by atoms with Crippen LogP contribution in [0, 0.1) is 0 Å². The molecular weight excluding hydrogens is 1260 g/mol. The molecule has 1 aliphatic carbocycles. The molecule has 0 saturated carbocycles. The van der Waals surface area contributed by atoms with Crippen molar-refractivity contribution in [2.75, 3.05) is 59.5 Å². The van der Waals surface area contributed by atoms with Gasteiger partial charge >= 0.3 is 5.97 Å². The van der Waals surface area contributed by atoms with Gasteiger partial charge in [-0.15, -0.1) is 0 Å². The summed E-state index contributed by atoms with van der Waals surface area (Å²) in [6.07, 6.45) is -2.06. The summed E-state index contributed by atoms with van der Waals surface area (Å²) in [7, 11) is 0. The van der Waals surface area contributed by atoms with Crippen molar-refractivity contribution in [3.05, 3.63) is 98.4 Å². The smallest absolute Gasteiger partial charge is 0.343 e. The van der Waals surface area contributed by atoms with E-state index in [0.717, 1.165) is 45.5 Å². The molecule has 514 valence electrons. The van der Waals surface area contributed by atoms with E-state index in [1.807, 2.05) is 6.07 Å². The Morgan fingerprint density at radius 1 is 0.740 bits per heavy atom. The lowest BCUT2D eigenvalue weighted by atomic mass is 9.77. The van der Waals surface area contributed by atoms with Gasteiger partial charge in [-0.3, -0.25) is 52.8 Å². The number of imide groups is 1. The summed E-state index contributed by atoms with van der Waals surface area (Å²) in [5, 5.41) is 70.1. The van der Waals surface area contributed by atoms with Gasteiger partial charge in [-0.05, 0) is 74.5 Å². The maximum Gasteiger partial charge on any atom is 0.343 e. The topological polar surface area (TPSA) is 440 Å². The lowest BCUT2D eigenvalue weighted by molar-refractivity contribution is -0.227. The number of nitrogens with one attached hydrogen (secondary N) is 7. The van der Waals surface area contributed by atoms with Gasteiger partial charge in [0.15, 0.2) is 17.1 Å². The van der Waals surface area contributed by atoms with Gasteiger partial charge in [0.05, 0.1) is 55.3 Å². The highest BCUT2D eigenvalue weighted by molar-refractivity contribution is 6.12. The number of aliphatic hydroxyl groups excluding tert-OH is 4. The first kappa shape index (κ1) is 69.6. The molecule has 9 atom stereocenters. The van der Waals surface area contributed by atoms with Crippen LogP contribution in [0.25, 0.3) is 22.3 Å². The van der Waals surface area contributed by atoms with E-state index in [1.165, 1.54) is 0 Å². The van der Waals surface area contributed by atoms with Crippen LogP contribution in [0.4, 0.5) is 0 Å². The van der Waals surface area contributed by atoms with E-state index in [0.29, 0.717) is 72.5 Å². The minimum Gasteiger partial charge on any atom is -0.458 e. The van der Waals surface area contributed by atoms with Crippen molar-refractivity contribution in [2.24, 2.45) is 0 Å². The average Bonchev–Trinajstić information content (AvgIpc) is 1.50. The van der Waals surface area contributed by atoms with E-state index in [4.69, 9.17) is 28.7 Å². The summed E-state index contributed by atoms with van der Waals surface area (Å²) in [4.78, 5) is 150. The predicted octanol–water partition coefficient (Wildman–Crippen LogP) is -2.51. The molecule has 1 saturated heterocycles. The van der Waals surface area contributed by atoms with Crippen LogP contribution in [0.1, 0.15) is 110 Å². The van der Waals surface area contributed by atoms with Crippen LogP contribution in [0.3, 0.4) is 0 Å². The molecule has 7 heterocycles. The molecule has 0 spiro atoms. The minimum atomic E-state index is -1.99. The molecule has 96 heavy (non-hydrogen) atoms. The summed E-state index contributed by atoms with van der Waals surface area (Å²) < 4.78 is 29.9. The van der Waals surface area contributed by atoms with Gasteiger partial charge in [-0.1, -0.05) is 43.7 Å². The lowest BCUT2D eigenvalue weighted by Gasteiger charge is -2.40. The number of carbonyl (C=O) groups is 10. The van der Waals surface area contributed by atoms with E-state index in [-0.39, 0.29) is 101 Å². The average molecular weight is 1340 g/mol. The molecule has 2 aromatic carbocycles. The second kappa shape index (κ2) is 31.1. The van der Waals surface area contributed by atoms with Gasteiger partial charge in [-0.2, -0.15) is 0 Å². The number of rotatable bonds is 31. The third-order valence-electron chi connectivity index (χ3n) is 18.0. The largest absolute Gasteiger partial charge is 0.458 e.